The lowest BCUT2D eigenvalue weighted by atomic mass is 10.0. The number of aromatic nitrogens is 2. The van der Waals surface area contributed by atoms with E-state index in [1.165, 1.54) is 7.11 Å². The van der Waals surface area contributed by atoms with Gasteiger partial charge in [-0.15, -0.1) is 0 Å². The molecule has 204 valence electrons. The Morgan fingerprint density at radius 3 is 2.59 bits per heavy atom. The van der Waals surface area contributed by atoms with Crippen LogP contribution in [0.2, 0.25) is 0 Å². The number of ether oxygens (including phenoxy) is 3. The highest BCUT2D eigenvalue weighted by atomic mass is 16.5. The quantitative estimate of drug-likeness (QED) is 0.141. The molecule has 0 aliphatic rings. The second kappa shape index (κ2) is 13.0. The Morgan fingerprint density at radius 2 is 1.79 bits per heavy atom. The number of carbonyl (C=O) groups is 2. The van der Waals surface area contributed by atoms with Gasteiger partial charge in [-0.2, -0.15) is 0 Å². The average molecular weight is 531 g/mol. The van der Waals surface area contributed by atoms with Gasteiger partial charge in [0.2, 0.25) is 0 Å². The molecule has 0 aliphatic carbocycles. The zero-order valence-corrected chi connectivity index (χ0v) is 22.5. The molecule has 1 amide bonds. The minimum atomic E-state index is -0.422. The molecule has 0 saturated heterocycles. The van der Waals surface area contributed by atoms with Crippen molar-refractivity contribution in [1.82, 2.24) is 15.3 Å². The number of alkyl carbamates (subject to hydrolysis) is 1. The smallest absolute Gasteiger partial charge is 0.407 e. The number of amides is 1. The van der Waals surface area contributed by atoms with Crippen LogP contribution in [-0.2, 0) is 20.8 Å². The number of unbranched alkanes of at least 4 members (excludes halogenated alkanes) is 1. The molecule has 2 N–H and O–H groups in total. The third kappa shape index (κ3) is 7.64. The fraction of sp³-hybridized carbons (Fsp3) is 0.333. The lowest BCUT2D eigenvalue weighted by Gasteiger charge is -2.27. The molecule has 0 unspecified atom stereocenters. The maximum absolute atomic E-state index is 12.0. The Labute approximate surface area is 227 Å². The standard InChI is InChI=1S/C30H34N4O5/c1-30(2,20-38-16-8-7-14-32-29(36)39-19-21-9-5-4-6-10-21)34-27-24-13-15-31-18-25(24)23-12-11-22(28(35)37-3)17-26(23)33-27/h4-6,9-13,15,17-18H,7-8,14,16,19-20H2,1-3H3,(H,32,36)(H,33,34). The fourth-order valence-electron chi connectivity index (χ4n) is 4.17. The second-order valence-corrected chi connectivity index (χ2v) is 9.86. The molecule has 0 atom stereocenters. The molecule has 2 aromatic carbocycles. The van der Waals surface area contributed by atoms with Crippen LogP contribution in [0.15, 0.2) is 67.0 Å². The Bertz CT molecular complexity index is 1430. The Balaban J connectivity index is 1.27. The molecule has 9 heteroatoms. The molecule has 4 aromatic rings. The highest BCUT2D eigenvalue weighted by molar-refractivity contribution is 6.11. The summed E-state index contributed by atoms with van der Waals surface area (Å²) >= 11 is 0. The molecule has 2 aromatic heterocycles. The maximum Gasteiger partial charge on any atom is 0.407 e. The second-order valence-electron chi connectivity index (χ2n) is 9.86. The van der Waals surface area contributed by atoms with Gasteiger partial charge in [-0.05, 0) is 50.5 Å². The number of fused-ring (bicyclic) bond motifs is 3. The van der Waals surface area contributed by atoms with Crippen LogP contribution in [0.3, 0.4) is 0 Å². The largest absolute Gasteiger partial charge is 0.465 e. The van der Waals surface area contributed by atoms with Gasteiger partial charge in [0, 0.05) is 41.7 Å². The number of hydrogen-bond donors (Lipinski definition) is 2. The molecule has 0 radical (unpaired) electrons. The van der Waals surface area contributed by atoms with E-state index in [1.54, 1.807) is 24.5 Å². The molecule has 0 spiro atoms. The number of benzene rings is 2. The number of rotatable bonds is 12. The van der Waals surface area contributed by atoms with Gasteiger partial charge < -0.3 is 24.8 Å². The van der Waals surface area contributed by atoms with E-state index in [0.29, 0.717) is 36.7 Å². The molecule has 4 rings (SSSR count). The van der Waals surface area contributed by atoms with E-state index in [-0.39, 0.29) is 6.61 Å². The highest BCUT2D eigenvalue weighted by Gasteiger charge is 2.21. The SMILES string of the molecule is COC(=O)c1ccc2c(c1)nc(NC(C)(C)COCCCCNC(=O)OCc1ccccc1)c1ccncc12. The summed E-state index contributed by atoms with van der Waals surface area (Å²) in [6, 6.07) is 16.8. The van der Waals surface area contributed by atoms with Crippen molar-refractivity contribution in [3.63, 3.8) is 0 Å². The normalized spacial score (nSPS) is 11.4. The summed E-state index contributed by atoms with van der Waals surface area (Å²) in [6.07, 6.45) is 4.69. The summed E-state index contributed by atoms with van der Waals surface area (Å²) in [5.41, 5.74) is 1.64. The van der Waals surface area contributed by atoms with Gasteiger partial charge in [0.25, 0.3) is 0 Å². The number of esters is 1. The summed E-state index contributed by atoms with van der Waals surface area (Å²) in [4.78, 5) is 33.0. The third-order valence-corrected chi connectivity index (χ3v) is 6.13. The third-order valence-electron chi connectivity index (χ3n) is 6.13. The van der Waals surface area contributed by atoms with Gasteiger partial charge in [-0.1, -0.05) is 36.4 Å². The number of nitrogens with zero attached hydrogens (tertiary/aromatic N) is 2. The molecular formula is C30H34N4O5. The van der Waals surface area contributed by atoms with Crippen molar-refractivity contribution in [3.8, 4) is 0 Å². The topological polar surface area (TPSA) is 112 Å². The van der Waals surface area contributed by atoms with Crippen molar-refractivity contribution in [3.05, 3.63) is 78.1 Å². The molecule has 2 heterocycles. The van der Waals surface area contributed by atoms with Crippen molar-refractivity contribution >= 4 is 39.6 Å². The first-order valence-electron chi connectivity index (χ1n) is 12.9. The Morgan fingerprint density at radius 1 is 0.974 bits per heavy atom. The van der Waals surface area contributed by atoms with Crippen LogP contribution in [-0.4, -0.2) is 54.4 Å². The average Bonchev–Trinajstić information content (AvgIpc) is 2.95. The summed E-state index contributed by atoms with van der Waals surface area (Å²) in [6.45, 7) is 5.87. The van der Waals surface area contributed by atoms with Crippen LogP contribution in [0.1, 0.15) is 42.6 Å². The zero-order chi connectivity index (χ0) is 27.7. The van der Waals surface area contributed by atoms with Crippen LogP contribution in [0.4, 0.5) is 10.6 Å². The van der Waals surface area contributed by atoms with Crippen LogP contribution in [0.5, 0.6) is 0 Å². The van der Waals surface area contributed by atoms with Gasteiger partial charge in [-0.25, -0.2) is 14.6 Å². The van der Waals surface area contributed by atoms with Crippen molar-refractivity contribution in [1.29, 1.82) is 0 Å². The van der Waals surface area contributed by atoms with E-state index in [2.05, 4.69) is 15.6 Å². The number of carbonyl (C=O) groups excluding carboxylic acids is 2. The fourth-order valence-corrected chi connectivity index (χ4v) is 4.17. The predicted octanol–water partition coefficient (Wildman–Crippen LogP) is 5.48. The van der Waals surface area contributed by atoms with Crippen molar-refractivity contribution in [2.75, 3.05) is 32.2 Å². The maximum atomic E-state index is 12.0. The van der Waals surface area contributed by atoms with Crippen molar-refractivity contribution in [2.24, 2.45) is 0 Å². The molecule has 0 fully saturated rings. The Hall–Kier alpha value is -4.24. The van der Waals surface area contributed by atoms with Crippen molar-refractivity contribution in [2.45, 2.75) is 38.8 Å². The molecule has 0 saturated carbocycles. The van der Waals surface area contributed by atoms with E-state index in [9.17, 15) is 9.59 Å². The van der Waals surface area contributed by atoms with Crippen molar-refractivity contribution < 1.29 is 23.8 Å². The first kappa shape index (κ1) is 27.8. The van der Waals surface area contributed by atoms with E-state index in [1.807, 2.05) is 56.3 Å². The number of nitrogens with one attached hydrogen (secondary N) is 2. The summed E-state index contributed by atoms with van der Waals surface area (Å²) < 4.78 is 16.0. The molecule has 0 bridgehead atoms. The van der Waals surface area contributed by atoms with Crippen LogP contribution < -0.4 is 10.6 Å². The van der Waals surface area contributed by atoms with Gasteiger partial charge in [0.05, 0.1) is 30.3 Å². The number of pyridine rings is 2. The number of methoxy groups -OCH3 is 1. The molecule has 39 heavy (non-hydrogen) atoms. The minimum Gasteiger partial charge on any atom is -0.465 e. The van der Waals surface area contributed by atoms with Crippen LogP contribution >= 0.6 is 0 Å². The van der Waals surface area contributed by atoms with Crippen LogP contribution in [0.25, 0.3) is 21.7 Å². The number of hydrogen-bond acceptors (Lipinski definition) is 8. The van der Waals surface area contributed by atoms with Crippen LogP contribution in [0, 0.1) is 0 Å². The highest BCUT2D eigenvalue weighted by Crippen LogP contribution is 2.31. The first-order valence-corrected chi connectivity index (χ1v) is 12.9. The van der Waals surface area contributed by atoms with E-state index < -0.39 is 17.6 Å². The Kier molecular flexibility index (Phi) is 9.27. The lowest BCUT2D eigenvalue weighted by Crippen LogP contribution is -2.37. The van der Waals surface area contributed by atoms with Gasteiger partial charge in [0.15, 0.2) is 0 Å². The summed E-state index contributed by atoms with van der Waals surface area (Å²) in [7, 11) is 1.36. The molecule has 0 aliphatic heterocycles. The monoisotopic (exact) mass is 530 g/mol. The summed E-state index contributed by atoms with van der Waals surface area (Å²) in [5.74, 6) is 0.279. The van der Waals surface area contributed by atoms with E-state index in [4.69, 9.17) is 19.2 Å². The first-order chi connectivity index (χ1) is 18.9. The lowest BCUT2D eigenvalue weighted by molar-refractivity contribution is 0.0601. The molecule has 9 nitrogen and oxygen atoms in total. The van der Waals surface area contributed by atoms with E-state index in [0.717, 1.165) is 34.6 Å². The summed E-state index contributed by atoms with van der Waals surface area (Å²) in [5, 5.41) is 9.05. The zero-order valence-electron chi connectivity index (χ0n) is 22.5. The van der Waals surface area contributed by atoms with Gasteiger partial charge >= 0.3 is 12.1 Å². The van der Waals surface area contributed by atoms with Gasteiger partial charge in [-0.3, -0.25) is 4.98 Å². The van der Waals surface area contributed by atoms with Gasteiger partial charge in [0.1, 0.15) is 12.4 Å². The molecular weight excluding hydrogens is 496 g/mol. The van der Waals surface area contributed by atoms with E-state index >= 15 is 0 Å². The number of anilines is 1. The predicted molar refractivity (Wildman–Crippen MR) is 151 cm³/mol. The minimum absolute atomic E-state index is 0.252.